The predicted octanol–water partition coefficient (Wildman–Crippen LogP) is -0.992. The number of nitrogens with one attached hydrogen (secondary N) is 15. The Morgan fingerprint density at radius 3 is 1.30 bits per heavy atom. The predicted molar refractivity (Wildman–Crippen MR) is 481 cm³/mol. The molecule has 0 spiro atoms. The molecule has 45 heteroatoms. The largest absolute Gasteiger partial charge is 0.481 e. The van der Waals surface area contributed by atoms with Gasteiger partial charge < -0.3 is 121 Å². The molecule has 1 aliphatic heterocycles. The molecule has 1 fully saturated rings. The number of hydrogen-bond acceptors (Lipinski definition) is 26. The first-order valence-corrected chi connectivity index (χ1v) is 45.7. The molecule has 1 heterocycles. The zero-order chi connectivity index (χ0) is 101. The van der Waals surface area contributed by atoms with Crippen LogP contribution < -0.4 is 91.2 Å². The lowest BCUT2D eigenvalue weighted by Gasteiger charge is -2.29. The van der Waals surface area contributed by atoms with Crippen LogP contribution in [0.15, 0.2) is 0 Å². The van der Waals surface area contributed by atoms with Gasteiger partial charge in [-0.05, 0) is 151 Å². The minimum absolute atomic E-state index is 0.00964. The van der Waals surface area contributed by atoms with Crippen molar-refractivity contribution in [1.82, 2.24) is 79.8 Å². The first-order valence-electron chi connectivity index (χ1n) is 44.7. The Bertz CT molecular complexity index is 3810. The SMILES string of the molecule is CC(=O)NCCSC(=O)[C@H](CC(C)C)NC(=O)[C@@H](CC(C)C)NC(=O)[C@H](CC(=O)O)NC(=O)[C@@H](NC(=O)[C@@H](CCCN)NC(=O)[C@H](CC(C)C)NC(=O)[C@H](CCC(=O)O)NC(=O)C[C@@H](C)O)C(C)C.CC(C)C[C@@H]1NC(=O)[C@H](CCC(=O)O)NC(=O)C[C@@H](C)OC(=O)[C@H](CC(C)C)NC(=O)[C@@H](CC(C)C)NC(=O)[C@H](CC(=O)O)NC(=O)[C@H](C(C)C)NC(=O)[C@@H](CCCN)NC1=O. The first kappa shape index (κ1) is 120. The lowest BCUT2D eigenvalue weighted by molar-refractivity contribution is -0.154. The second-order valence-electron chi connectivity index (χ2n) is 36.2. The molecule has 0 saturated carbocycles. The van der Waals surface area contributed by atoms with Crippen molar-refractivity contribution >= 4 is 135 Å². The minimum Gasteiger partial charge on any atom is -0.481 e. The molecule has 0 aromatic rings. The quantitative estimate of drug-likeness (QED) is 0.0257. The van der Waals surface area contributed by atoms with Gasteiger partial charge in [-0.2, -0.15) is 0 Å². The highest BCUT2D eigenvalue weighted by Crippen LogP contribution is 2.20. The van der Waals surface area contributed by atoms with E-state index in [4.69, 9.17) is 16.2 Å². The monoisotopic (exact) mass is 1880 g/mol. The molecule has 746 valence electrons. The normalized spacial score (nSPS) is 20.1. The standard InChI is InChI=1S/C45H79N9O14S.C41H70N8O13/c1-23(2)18-31(50-39(62)30(13-14-36(58)59)48-35(57)21-27(9)55)41(64)49-29(12-11-15-46)40(63)54-38(26(7)8)44(67)52-33(22-37(60)61)43(66)51-32(19-24(3)4)42(65)53-34(20-25(5)6)45(68)69-17-16-47-28(10)56;1-20(2)15-27-37(57)44-25(11-10-14-42)36(56)49-34(23(7)8)40(60)47-29(19-33(53)54)39(59)46-28(16-21(3)4)38(58)48-30(17-22(5)6)41(61)62-24(9)18-31(50)43-26(35(55)45-27)12-13-32(51)52/h23-27,29-34,38,55H,11-22,46H2,1-10H3,(H,47,56)(H,48,57)(H,49,64)(H,50,62)(H,51,66)(H,52,67)(H,53,65)(H,54,63)(H,58,59)(H,60,61);20-30,34H,10-19,42H2,1-9H3,(H,43,50)(H,44,57)(H,45,55)(H,46,59)(H,47,60)(H,48,58)(H,49,56)(H,51,52)(H,53,54)/t27-,29-,30+,31+,32-,33+,34+,38+;24-,25-,26+,27+,28-,29+,30+,34+/m11/s1. The van der Waals surface area contributed by atoms with Crippen LogP contribution >= 0.6 is 11.8 Å². The van der Waals surface area contributed by atoms with Crippen molar-refractivity contribution in [2.45, 2.75) is 344 Å². The summed E-state index contributed by atoms with van der Waals surface area (Å²) in [5.74, 6) is -20.9. The zero-order valence-electron chi connectivity index (χ0n) is 79.2. The number of aliphatic carboxylic acids is 4. The fourth-order valence-corrected chi connectivity index (χ4v) is 14.1. The molecule has 0 bridgehead atoms. The van der Waals surface area contributed by atoms with Gasteiger partial charge in [-0.1, -0.05) is 123 Å². The highest BCUT2D eigenvalue weighted by Gasteiger charge is 2.41. The highest BCUT2D eigenvalue weighted by molar-refractivity contribution is 8.13. The van der Waals surface area contributed by atoms with Crippen molar-refractivity contribution in [3.63, 3.8) is 0 Å². The van der Waals surface area contributed by atoms with Crippen molar-refractivity contribution in [1.29, 1.82) is 0 Å². The fraction of sp³-hybridized carbons (Fsp3) is 0.756. The van der Waals surface area contributed by atoms with E-state index < -0.39 is 253 Å². The van der Waals surface area contributed by atoms with Gasteiger partial charge in [0.15, 0.2) is 0 Å². The molecular formula is C86H149N17O27S. The molecule has 0 radical (unpaired) electrons. The van der Waals surface area contributed by atoms with Crippen molar-refractivity contribution in [2.24, 2.45) is 58.8 Å². The van der Waals surface area contributed by atoms with Gasteiger partial charge in [-0.3, -0.25) is 95.9 Å². The first-order chi connectivity index (χ1) is 60.9. The van der Waals surface area contributed by atoms with Gasteiger partial charge in [-0.25, -0.2) is 4.79 Å². The summed E-state index contributed by atoms with van der Waals surface area (Å²) in [7, 11) is 0. The molecule has 16 atom stereocenters. The second-order valence-corrected chi connectivity index (χ2v) is 37.3. The van der Waals surface area contributed by atoms with Crippen molar-refractivity contribution in [3.8, 4) is 0 Å². The number of aliphatic hydroxyl groups is 1. The van der Waals surface area contributed by atoms with E-state index in [1.54, 1.807) is 96.9 Å². The smallest absolute Gasteiger partial charge is 0.328 e. The highest BCUT2D eigenvalue weighted by atomic mass is 32.2. The van der Waals surface area contributed by atoms with Gasteiger partial charge in [0.1, 0.15) is 84.6 Å². The summed E-state index contributed by atoms with van der Waals surface area (Å²) in [5.41, 5.74) is 11.5. The summed E-state index contributed by atoms with van der Waals surface area (Å²) in [4.78, 5) is 276. The van der Waals surface area contributed by atoms with E-state index in [1.165, 1.54) is 20.8 Å². The van der Waals surface area contributed by atoms with Crippen LogP contribution in [0.3, 0.4) is 0 Å². The molecule has 0 aliphatic carbocycles. The maximum atomic E-state index is 13.9. The molecule has 131 heavy (non-hydrogen) atoms. The summed E-state index contributed by atoms with van der Waals surface area (Å²) in [5, 5.41) is 85.5. The summed E-state index contributed by atoms with van der Waals surface area (Å²) >= 11 is 0.924. The second kappa shape index (κ2) is 62.6. The Morgan fingerprint density at radius 2 is 0.840 bits per heavy atom. The molecule has 44 nitrogen and oxygen atoms in total. The number of thioether (sulfide) groups is 1. The van der Waals surface area contributed by atoms with Crippen LogP contribution in [0, 0.1) is 47.3 Å². The van der Waals surface area contributed by atoms with E-state index in [2.05, 4.69) is 79.8 Å². The van der Waals surface area contributed by atoms with Crippen LogP contribution in [-0.4, -0.2) is 271 Å². The van der Waals surface area contributed by atoms with E-state index in [1.807, 2.05) is 13.8 Å². The summed E-state index contributed by atoms with van der Waals surface area (Å²) < 4.78 is 5.55. The van der Waals surface area contributed by atoms with Gasteiger partial charge in [0, 0.05) is 32.1 Å². The number of carbonyl (C=O) groups excluding carboxylic acids is 17. The Labute approximate surface area is 770 Å². The number of amides is 15. The Balaban J connectivity index is 0.00000259. The third-order valence-corrected chi connectivity index (χ3v) is 20.7. The van der Waals surface area contributed by atoms with Gasteiger partial charge in [-0.15, -0.1) is 0 Å². The maximum Gasteiger partial charge on any atom is 0.328 e. The number of cyclic esters (lactones) is 1. The third-order valence-electron chi connectivity index (χ3n) is 19.7. The van der Waals surface area contributed by atoms with E-state index in [9.17, 15) is 126 Å². The fourth-order valence-electron chi connectivity index (χ4n) is 13.3. The minimum atomic E-state index is -1.75. The molecular weight excluding hydrogens is 1740 g/mol. The van der Waals surface area contributed by atoms with Gasteiger partial charge >= 0.3 is 29.8 Å². The van der Waals surface area contributed by atoms with E-state index in [0.29, 0.717) is 0 Å². The number of carboxylic acid groups (broad SMARTS) is 4. The number of esters is 1. The number of ether oxygens (including phenoxy) is 1. The van der Waals surface area contributed by atoms with E-state index in [0.717, 1.165) is 11.8 Å². The van der Waals surface area contributed by atoms with Crippen LogP contribution in [0.25, 0.3) is 0 Å². The number of carbonyl (C=O) groups is 21. The van der Waals surface area contributed by atoms with Crippen LogP contribution in [0.2, 0.25) is 0 Å². The Morgan fingerprint density at radius 1 is 0.427 bits per heavy atom. The number of hydrogen-bond donors (Lipinski definition) is 22. The van der Waals surface area contributed by atoms with Crippen molar-refractivity contribution in [3.05, 3.63) is 0 Å². The topological polar surface area (TPSA) is 701 Å². The average Bonchev–Trinajstić information content (AvgIpc) is 0.870. The molecule has 1 rings (SSSR count). The van der Waals surface area contributed by atoms with Crippen LogP contribution in [0.5, 0.6) is 0 Å². The summed E-state index contributed by atoms with van der Waals surface area (Å²) in [6.07, 6.45) is -5.73. The number of rotatable bonds is 49. The van der Waals surface area contributed by atoms with Gasteiger partial charge in [0.05, 0.1) is 37.8 Å². The number of nitrogens with two attached hydrogens (primary N) is 2. The van der Waals surface area contributed by atoms with E-state index in [-0.39, 0.29) is 155 Å². The molecule has 0 unspecified atom stereocenters. The molecule has 0 aromatic heterocycles. The molecule has 1 saturated heterocycles. The molecule has 1 aliphatic rings. The van der Waals surface area contributed by atoms with E-state index >= 15 is 0 Å². The van der Waals surface area contributed by atoms with Gasteiger partial charge in [0.2, 0.25) is 93.7 Å². The number of carboxylic acids is 4. The summed E-state index contributed by atoms with van der Waals surface area (Å²) in [6.45, 7) is 32.2. The Kier molecular flexibility index (Phi) is 57.5. The average molecular weight is 1890 g/mol. The van der Waals surface area contributed by atoms with Gasteiger partial charge in [0.25, 0.3) is 0 Å². The van der Waals surface area contributed by atoms with Crippen molar-refractivity contribution < 1.29 is 131 Å². The number of aliphatic hydroxyl groups excluding tert-OH is 1. The zero-order valence-corrected chi connectivity index (χ0v) is 80.0. The van der Waals surface area contributed by atoms with Crippen LogP contribution in [0.4, 0.5) is 0 Å². The molecule has 24 N–H and O–H groups in total. The molecule has 0 aromatic carbocycles. The summed E-state index contributed by atoms with van der Waals surface area (Å²) in [6, 6.07) is -19.2. The lowest BCUT2D eigenvalue weighted by atomic mass is 9.99. The van der Waals surface area contributed by atoms with Crippen molar-refractivity contribution in [2.75, 3.05) is 25.4 Å². The van der Waals surface area contributed by atoms with Crippen LogP contribution in [-0.2, 0) is 105 Å². The van der Waals surface area contributed by atoms with Crippen LogP contribution in [0.1, 0.15) is 247 Å². The molecule has 15 amide bonds. The third kappa shape index (κ3) is 51.6. The maximum absolute atomic E-state index is 13.9. The lowest BCUT2D eigenvalue weighted by Crippen LogP contribution is -2.61. The Hall–Kier alpha value is -10.7.